The number of hydrogen-bond acceptors (Lipinski definition) is 1. The van der Waals surface area contributed by atoms with Gasteiger partial charge in [-0.1, -0.05) is 37.6 Å². The van der Waals surface area contributed by atoms with Crippen molar-refractivity contribution in [1.29, 1.82) is 0 Å². The summed E-state index contributed by atoms with van der Waals surface area (Å²) in [6, 6.07) is 8.85. The van der Waals surface area contributed by atoms with Gasteiger partial charge in [-0.25, -0.2) is 4.79 Å². The van der Waals surface area contributed by atoms with Crippen LogP contribution in [-0.4, -0.2) is 29.2 Å². The third kappa shape index (κ3) is 3.03. The van der Waals surface area contributed by atoms with Crippen LogP contribution in [0, 0.1) is 0 Å². The zero-order valence-corrected chi connectivity index (χ0v) is 10.9. The molecule has 1 heterocycles. The molecule has 0 saturated carbocycles. The van der Waals surface area contributed by atoms with E-state index in [1.165, 1.54) is 22.4 Å². The van der Waals surface area contributed by atoms with E-state index in [9.17, 15) is 4.79 Å². The van der Waals surface area contributed by atoms with Crippen molar-refractivity contribution in [2.75, 3.05) is 13.1 Å². The third-order valence-corrected chi connectivity index (χ3v) is 3.76. The van der Waals surface area contributed by atoms with Gasteiger partial charge >= 0.3 is 6.09 Å². The first-order valence-corrected chi connectivity index (χ1v) is 6.77. The van der Waals surface area contributed by atoms with Crippen molar-refractivity contribution in [1.82, 2.24) is 4.90 Å². The van der Waals surface area contributed by atoms with Gasteiger partial charge in [-0.05, 0) is 36.3 Å². The van der Waals surface area contributed by atoms with Gasteiger partial charge in [0.15, 0.2) is 0 Å². The van der Waals surface area contributed by atoms with Gasteiger partial charge in [-0.3, -0.25) is 0 Å². The minimum atomic E-state index is -0.785. The molecule has 3 nitrogen and oxygen atoms in total. The molecule has 0 unspecified atom stereocenters. The summed E-state index contributed by atoms with van der Waals surface area (Å²) in [4.78, 5) is 12.4. The molecule has 1 N–H and O–H groups in total. The van der Waals surface area contributed by atoms with Gasteiger partial charge in [0.05, 0.1) is 0 Å². The van der Waals surface area contributed by atoms with E-state index < -0.39 is 6.09 Å². The molecule has 0 spiro atoms. The van der Waals surface area contributed by atoms with E-state index in [-0.39, 0.29) is 0 Å². The van der Waals surface area contributed by atoms with Crippen molar-refractivity contribution in [3.8, 4) is 0 Å². The van der Waals surface area contributed by atoms with Crippen molar-refractivity contribution < 1.29 is 9.90 Å². The maximum atomic E-state index is 10.8. The van der Waals surface area contributed by atoms with Crippen molar-refractivity contribution in [3.63, 3.8) is 0 Å². The highest BCUT2D eigenvalue weighted by Gasteiger charge is 2.23. The van der Waals surface area contributed by atoms with Gasteiger partial charge in [-0.15, -0.1) is 0 Å². The van der Waals surface area contributed by atoms with Gasteiger partial charge in [0.25, 0.3) is 0 Å². The smallest absolute Gasteiger partial charge is 0.407 e. The summed E-state index contributed by atoms with van der Waals surface area (Å²) in [6.07, 6.45) is 3.42. The second-order valence-electron chi connectivity index (χ2n) is 5.04. The van der Waals surface area contributed by atoms with Crippen LogP contribution in [0.25, 0.3) is 0 Å². The summed E-state index contributed by atoms with van der Waals surface area (Å²) in [7, 11) is 0. The lowest BCUT2D eigenvalue weighted by molar-refractivity contribution is 0.132. The minimum Gasteiger partial charge on any atom is -0.465 e. The first-order valence-electron chi connectivity index (χ1n) is 6.77. The number of hydrogen-bond donors (Lipinski definition) is 1. The lowest BCUT2D eigenvalue weighted by Gasteiger charge is -2.30. The Labute approximate surface area is 108 Å². The van der Waals surface area contributed by atoms with E-state index in [1.807, 2.05) is 0 Å². The Bertz CT molecular complexity index is 391. The molecule has 1 aromatic carbocycles. The largest absolute Gasteiger partial charge is 0.465 e. The van der Waals surface area contributed by atoms with Crippen molar-refractivity contribution in [3.05, 3.63) is 35.4 Å². The van der Waals surface area contributed by atoms with Gasteiger partial charge in [-0.2, -0.15) is 0 Å². The molecule has 1 aliphatic rings. The van der Waals surface area contributed by atoms with E-state index in [1.54, 1.807) is 0 Å². The average molecular weight is 247 g/mol. The molecule has 0 radical (unpaired) electrons. The number of carbonyl (C=O) groups is 1. The molecule has 0 bridgehead atoms. The molecule has 1 aliphatic heterocycles. The van der Waals surface area contributed by atoms with Crippen molar-refractivity contribution in [2.24, 2.45) is 0 Å². The van der Waals surface area contributed by atoms with Crippen LogP contribution in [0.15, 0.2) is 24.3 Å². The molecule has 0 aromatic heterocycles. The number of piperidine rings is 1. The molecule has 3 heteroatoms. The highest BCUT2D eigenvalue weighted by Crippen LogP contribution is 2.28. The zero-order chi connectivity index (χ0) is 13.0. The first kappa shape index (κ1) is 12.9. The van der Waals surface area contributed by atoms with Gasteiger partial charge < -0.3 is 10.0 Å². The molecule has 0 aliphatic carbocycles. The Morgan fingerprint density at radius 1 is 1.28 bits per heavy atom. The normalized spacial score (nSPS) is 16.8. The van der Waals surface area contributed by atoms with Crippen LogP contribution in [0.5, 0.6) is 0 Å². The quantitative estimate of drug-likeness (QED) is 0.888. The van der Waals surface area contributed by atoms with Crippen LogP contribution in [0.3, 0.4) is 0 Å². The van der Waals surface area contributed by atoms with E-state index in [0.29, 0.717) is 19.0 Å². The van der Waals surface area contributed by atoms with E-state index in [2.05, 4.69) is 31.2 Å². The van der Waals surface area contributed by atoms with Crippen LogP contribution in [-0.2, 0) is 6.42 Å². The lowest BCUT2D eigenvalue weighted by Crippen LogP contribution is -2.36. The molecule has 1 aromatic rings. The molecule has 0 atom stereocenters. The molecule has 1 amide bonds. The fraction of sp³-hybridized carbons (Fsp3) is 0.533. The van der Waals surface area contributed by atoms with Gasteiger partial charge in [0.1, 0.15) is 0 Å². The molecule has 18 heavy (non-hydrogen) atoms. The Hall–Kier alpha value is -1.51. The van der Waals surface area contributed by atoms with E-state index in [0.717, 1.165) is 19.3 Å². The standard InChI is InChI=1S/C15H21NO2/c1-2-3-12-4-6-13(7-5-12)14-8-10-16(11-9-14)15(17)18/h4-7,14H,2-3,8-11H2,1H3,(H,17,18). The molecular weight excluding hydrogens is 226 g/mol. The molecule has 2 rings (SSSR count). The van der Waals surface area contributed by atoms with Crippen LogP contribution in [0.2, 0.25) is 0 Å². The molecule has 1 saturated heterocycles. The maximum absolute atomic E-state index is 10.8. The second-order valence-corrected chi connectivity index (χ2v) is 5.04. The summed E-state index contributed by atoms with van der Waals surface area (Å²) in [6.45, 7) is 3.52. The Morgan fingerprint density at radius 3 is 2.39 bits per heavy atom. The highest BCUT2D eigenvalue weighted by atomic mass is 16.4. The van der Waals surface area contributed by atoms with Gasteiger partial charge in [0.2, 0.25) is 0 Å². The average Bonchev–Trinajstić information content (AvgIpc) is 2.40. The number of aryl methyl sites for hydroxylation is 1. The number of carboxylic acid groups (broad SMARTS) is 1. The van der Waals surface area contributed by atoms with Crippen LogP contribution in [0.4, 0.5) is 4.79 Å². The van der Waals surface area contributed by atoms with E-state index >= 15 is 0 Å². The number of rotatable bonds is 3. The number of nitrogens with zero attached hydrogens (tertiary/aromatic N) is 1. The maximum Gasteiger partial charge on any atom is 0.407 e. The Balaban J connectivity index is 1.95. The number of amides is 1. The lowest BCUT2D eigenvalue weighted by atomic mass is 9.89. The topological polar surface area (TPSA) is 40.5 Å². The molecule has 98 valence electrons. The minimum absolute atomic E-state index is 0.524. The summed E-state index contributed by atoms with van der Waals surface area (Å²) < 4.78 is 0. The number of likely N-dealkylation sites (tertiary alicyclic amines) is 1. The third-order valence-electron chi connectivity index (χ3n) is 3.76. The summed E-state index contributed by atoms with van der Waals surface area (Å²) in [5.74, 6) is 0.524. The zero-order valence-electron chi connectivity index (χ0n) is 10.9. The van der Waals surface area contributed by atoms with Crippen LogP contribution < -0.4 is 0 Å². The van der Waals surface area contributed by atoms with Crippen LogP contribution >= 0.6 is 0 Å². The number of benzene rings is 1. The van der Waals surface area contributed by atoms with Crippen molar-refractivity contribution in [2.45, 2.75) is 38.5 Å². The van der Waals surface area contributed by atoms with Gasteiger partial charge in [0, 0.05) is 13.1 Å². The monoisotopic (exact) mass is 247 g/mol. The Kier molecular flexibility index (Phi) is 4.24. The predicted molar refractivity (Wildman–Crippen MR) is 72.0 cm³/mol. The van der Waals surface area contributed by atoms with E-state index in [4.69, 9.17) is 5.11 Å². The first-order chi connectivity index (χ1) is 8.70. The SMILES string of the molecule is CCCc1ccc(C2CCN(C(=O)O)CC2)cc1. The fourth-order valence-electron chi connectivity index (χ4n) is 2.65. The molecule has 1 fully saturated rings. The summed E-state index contributed by atoms with van der Waals surface area (Å²) >= 11 is 0. The predicted octanol–water partition coefficient (Wildman–Crippen LogP) is 3.50. The summed E-state index contributed by atoms with van der Waals surface area (Å²) in [5, 5.41) is 8.92. The van der Waals surface area contributed by atoms with Crippen LogP contribution in [0.1, 0.15) is 43.2 Å². The second kappa shape index (κ2) is 5.89. The fourth-order valence-corrected chi connectivity index (χ4v) is 2.65. The van der Waals surface area contributed by atoms with Crippen molar-refractivity contribution >= 4 is 6.09 Å². The highest BCUT2D eigenvalue weighted by molar-refractivity contribution is 5.65. The summed E-state index contributed by atoms with van der Waals surface area (Å²) in [5.41, 5.74) is 2.75. The molecular formula is C15H21NO2. The Morgan fingerprint density at radius 2 is 1.89 bits per heavy atom.